The second-order valence-electron chi connectivity index (χ2n) is 2.14. The number of carbonyl (C=O) groups excluding carboxylic acids is 1. The van der Waals surface area contributed by atoms with Gasteiger partial charge in [-0.1, -0.05) is 0 Å². The summed E-state index contributed by atoms with van der Waals surface area (Å²) < 4.78 is 0. The number of guanidine groups is 1. The van der Waals surface area contributed by atoms with Gasteiger partial charge in [0.25, 0.3) is 0 Å². The second-order valence-corrected chi connectivity index (χ2v) is 2.14. The van der Waals surface area contributed by atoms with Gasteiger partial charge in [-0.3, -0.25) is 9.79 Å². The van der Waals surface area contributed by atoms with Crippen LogP contribution < -0.4 is 11.5 Å². The van der Waals surface area contributed by atoms with Crippen molar-refractivity contribution in [2.24, 2.45) is 16.5 Å². The molecule has 0 bridgehead atoms. The first-order valence-electron chi connectivity index (χ1n) is 3.35. The smallest absolute Gasteiger partial charge is 0.372 e. The molecule has 0 unspecified atom stereocenters. The highest BCUT2D eigenvalue weighted by Crippen LogP contribution is 1.91. The molecule has 0 rings (SSSR count). The third-order valence-corrected chi connectivity index (χ3v) is 1.09. The third-order valence-electron chi connectivity index (χ3n) is 1.09. The highest BCUT2D eigenvalue weighted by molar-refractivity contribution is 6.32. The van der Waals surface area contributed by atoms with Gasteiger partial charge in [0.2, 0.25) is 5.78 Å². The zero-order valence-electron chi connectivity index (χ0n) is 6.99. The molecule has 0 amide bonds. The largest absolute Gasteiger partial charge is 0.476 e. The number of hydrogen-bond donors (Lipinski definition) is 3. The molecule has 13 heavy (non-hydrogen) atoms. The lowest BCUT2D eigenvalue weighted by Crippen LogP contribution is -2.23. The minimum atomic E-state index is -1.42. The summed E-state index contributed by atoms with van der Waals surface area (Å²) in [4.78, 5) is 24.1. The number of nitrogens with two attached hydrogens (primary N) is 2. The van der Waals surface area contributed by atoms with Crippen LogP contribution in [0, 0.1) is 0 Å². The minimum absolute atomic E-state index is 0. The zero-order chi connectivity index (χ0) is 9.56. The van der Waals surface area contributed by atoms with E-state index in [1.165, 1.54) is 0 Å². The van der Waals surface area contributed by atoms with Crippen molar-refractivity contribution in [2.45, 2.75) is 12.8 Å². The molecular formula is C6H13N3O4. The number of hydrogen-bond acceptors (Lipinski definition) is 3. The van der Waals surface area contributed by atoms with Crippen molar-refractivity contribution in [1.82, 2.24) is 0 Å². The maximum atomic E-state index is 10.5. The molecule has 0 spiro atoms. The quantitative estimate of drug-likeness (QED) is 0.196. The molecule has 7 nitrogen and oxygen atoms in total. The van der Waals surface area contributed by atoms with Crippen LogP contribution in [0.3, 0.4) is 0 Å². The Kier molecular flexibility index (Phi) is 7.54. The van der Waals surface area contributed by atoms with Gasteiger partial charge in [0.15, 0.2) is 5.96 Å². The summed E-state index contributed by atoms with van der Waals surface area (Å²) >= 11 is 0. The number of carbonyl (C=O) groups is 2. The summed E-state index contributed by atoms with van der Waals surface area (Å²) in [5.41, 5.74) is 9.99. The zero-order valence-corrected chi connectivity index (χ0v) is 6.99. The van der Waals surface area contributed by atoms with Gasteiger partial charge in [-0.2, -0.15) is 0 Å². The average molecular weight is 191 g/mol. The van der Waals surface area contributed by atoms with E-state index in [0.29, 0.717) is 6.42 Å². The number of nitrogens with zero attached hydrogens (tertiary/aromatic N) is 1. The van der Waals surface area contributed by atoms with Crippen LogP contribution in [0.25, 0.3) is 0 Å². The number of carboxylic acids is 1. The fraction of sp³-hybridized carbons (Fsp3) is 0.500. The molecule has 0 radical (unpaired) electrons. The Morgan fingerprint density at radius 3 is 2.23 bits per heavy atom. The topological polar surface area (TPSA) is 150 Å². The molecule has 0 fully saturated rings. The van der Waals surface area contributed by atoms with Crippen LogP contribution >= 0.6 is 0 Å². The lowest BCUT2D eigenvalue weighted by molar-refractivity contribution is -0.149. The number of Topliss-reactive ketones (excluding diaryl/α,β-unsaturated/α-hetero) is 1. The van der Waals surface area contributed by atoms with E-state index >= 15 is 0 Å². The molecule has 0 aliphatic heterocycles. The van der Waals surface area contributed by atoms with E-state index in [9.17, 15) is 9.59 Å². The number of aliphatic carboxylic acids is 1. The Morgan fingerprint density at radius 1 is 1.31 bits per heavy atom. The van der Waals surface area contributed by atoms with Crippen molar-refractivity contribution >= 4 is 17.7 Å². The van der Waals surface area contributed by atoms with E-state index in [1.807, 2.05) is 0 Å². The molecule has 0 saturated heterocycles. The molecule has 7 heteroatoms. The van der Waals surface area contributed by atoms with Crippen molar-refractivity contribution in [2.75, 3.05) is 6.54 Å². The van der Waals surface area contributed by atoms with Gasteiger partial charge >= 0.3 is 5.97 Å². The lowest BCUT2D eigenvalue weighted by atomic mass is 10.2. The molecule has 7 N–H and O–H groups in total. The minimum Gasteiger partial charge on any atom is -0.476 e. The maximum Gasteiger partial charge on any atom is 0.372 e. The monoisotopic (exact) mass is 191 g/mol. The van der Waals surface area contributed by atoms with Crippen LogP contribution in [-0.2, 0) is 9.59 Å². The molecule has 0 heterocycles. The maximum absolute atomic E-state index is 10.5. The Morgan fingerprint density at radius 2 is 1.85 bits per heavy atom. The SMILES string of the molecule is NC(N)=NCCCC(=O)C(=O)O.O. The highest BCUT2D eigenvalue weighted by Gasteiger charge is 2.09. The van der Waals surface area contributed by atoms with Crippen LogP contribution in [0.4, 0.5) is 0 Å². The first-order chi connectivity index (χ1) is 5.54. The summed E-state index contributed by atoms with van der Waals surface area (Å²) in [5.74, 6) is -2.29. The number of ketones is 1. The second kappa shape index (κ2) is 7.04. The van der Waals surface area contributed by atoms with Gasteiger partial charge in [-0.05, 0) is 6.42 Å². The number of rotatable bonds is 5. The molecule has 0 aromatic carbocycles. The Hall–Kier alpha value is -1.63. The van der Waals surface area contributed by atoms with Crippen LogP contribution in [0.5, 0.6) is 0 Å². The summed E-state index contributed by atoms with van der Waals surface area (Å²) in [5, 5.41) is 8.16. The Bertz CT molecular complexity index is 210. The lowest BCUT2D eigenvalue weighted by Gasteiger charge is -1.93. The van der Waals surface area contributed by atoms with E-state index in [4.69, 9.17) is 16.6 Å². The van der Waals surface area contributed by atoms with Crippen LogP contribution in [0.1, 0.15) is 12.8 Å². The van der Waals surface area contributed by atoms with Crippen LogP contribution in [0.2, 0.25) is 0 Å². The van der Waals surface area contributed by atoms with Gasteiger partial charge in [-0.25, -0.2) is 4.79 Å². The first kappa shape index (κ1) is 13.9. The number of carboxylic acid groups (broad SMARTS) is 1. The molecule has 0 aliphatic rings. The summed E-state index contributed by atoms with van der Waals surface area (Å²) in [6.45, 7) is 0.279. The third kappa shape index (κ3) is 8.27. The molecule has 0 aromatic heterocycles. The molecule has 0 aromatic rings. The molecule has 76 valence electrons. The van der Waals surface area contributed by atoms with Gasteiger partial charge in [-0.15, -0.1) is 0 Å². The van der Waals surface area contributed by atoms with Crippen molar-refractivity contribution in [1.29, 1.82) is 0 Å². The predicted molar refractivity (Wildman–Crippen MR) is 46.2 cm³/mol. The average Bonchev–Trinajstić information content (AvgIpc) is 1.97. The van der Waals surface area contributed by atoms with Crippen LogP contribution in [0.15, 0.2) is 4.99 Å². The normalized spacial score (nSPS) is 8.31. The van der Waals surface area contributed by atoms with E-state index < -0.39 is 11.8 Å². The molecule has 0 saturated carbocycles. The van der Waals surface area contributed by atoms with Crippen molar-refractivity contribution < 1.29 is 20.2 Å². The van der Waals surface area contributed by atoms with Crippen molar-refractivity contribution in [3.63, 3.8) is 0 Å². The van der Waals surface area contributed by atoms with Crippen molar-refractivity contribution in [3.05, 3.63) is 0 Å². The van der Waals surface area contributed by atoms with E-state index in [-0.39, 0.29) is 24.4 Å². The standard InChI is InChI=1S/C6H11N3O3.H2O/c7-6(8)9-3-1-2-4(10)5(11)12;/h1-3H2,(H,11,12)(H4,7,8,9);1H2. The van der Waals surface area contributed by atoms with Crippen LogP contribution in [-0.4, -0.2) is 34.8 Å². The summed E-state index contributed by atoms with van der Waals surface area (Å²) in [7, 11) is 0. The fourth-order valence-corrected chi connectivity index (χ4v) is 0.555. The molecular weight excluding hydrogens is 178 g/mol. The van der Waals surface area contributed by atoms with Gasteiger partial charge in [0, 0.05) is 13.0 Å². The van der Waals surface area contributed by atoms with Gasteiger partial charge < -0.3 is 22.1 Å². The van der Waals surface area contributed by atoms with E-state index in [2.05, 4.69) is 4.99 Å². The summed E-state index contributed by atoms with van der Waals surface area (Å²) in [6, 6.07) is 0. The van der Waals surface area contributed by atoms with Crippen molar-refractivity contribution in [3.8, 4) is 0 Å². The van der Waals surface area contributed by atoms with Gasteiger partial charge in [0.05, 0.1) is 0 Å². The Balaban J connectivity index is 0. The predicted octanol–water partition coefficient (Wildman–Crippen LogP) is -2.13. The Labute approximate surface area is 74.7 Å². The highest BCUT2D eigenvalue weighted by atomic mass is 16.4. The number of aliphatic imine (C=N–C) groups is 1. The molecule has 0 aliphatic carbocycles. The van der Waals surface area contributed by atoms with Gasteiger partial charge in [0.1, 0.15) is 0 Å². The first-order valence-corrected chi connectivity index (χ1v) is 3.35. The van der Waals surface area contributed by atoms with E-state index in [1.54, 1.807) is 0 Å². The fourth-order valence-electron chi connectivity index (χ4n) is 0.555. The summed E-state index contributed by atoms with van der Waals surface area (Å²) in [6.07, 6.45) is 0.315. The van der Waals surface area contributed by atoms with E-state index in [0.717, 1.165) is 0 Å². The molecule has 0 atom stereocenters.